The molecule has 1 rings (SSSR count). The van der Waals surface area contributed by atoms with E-state index in [-0.39, 0.29) is 6.79 Å². The first-order valence-corrected chi connectivity index (χ1v) is 4.14. The van der Waals surface area contributed by atoms with Crippen LogP contribution in [0.5, 0.6) is 5.75 Å². The van der Waals surface area contributed by atoms with Gasteiger partial charge in [0.1, 0.15) is 5.75 Å². The molecular weight excluding hydrogens is 168 g/mol. The van der Waals surface area contributed by atoms with E-state index >= 15 is 0 Å². The van der Waals surface area contributed by atoms with Gasteiger partial charge in [-0.3, -0.25) is 0 Å². The Kier molecular flexibility index (Phi) is 3.73. The van der Waals surface area contributed by atoms with Crippen LogP contribution in [0, 0.1) is 0 Å². The molecule has 1 aromatic rings. The molecule has 0 aromatic heterocycles. The van der Waals surface area contributed by atoms with Gasteiger partial charge in [-0.15, -0.1) is 0 Å². The summed E-state index contributed by atoms with van der Waals surface area (Å²) in [5.41, 5.74) is 0.879. The highest BCUT2D eigenvalue weighted by Crippen LogP contribution is 2.16. The molecule has 1 atom stereocenters. The summed E-state index contributed by atoms with van der Waals surface area (Å²) < 4.78 is 9.94. The minimum absolute atomic E-state index is 0.244. The van der Waals surface area contributed by atoms with Crippen molar-refractivity contribution in [3.63, 3.8) is 0 Å². The molecule has 1 N–H and O–H groups in total. The Morgan fingerprint density at radius 1 is 1.31 bits per heavy atom. The molecule has 3 nitrogen and oxygen atoms in total. The fourth-order valence-corrected chi connectivity index (χ4v) is 0.970. The number of hydrogen-bond acceptors (Lipinski definition) is 3. The van der Waals surface area contributed by atoms with Crippen molar-refractivity contribution in [3.05, 3.63) is 29.8 Å². The molecule has 0 amide bonds. The van der Waals surface area contributed by atoms with E-state index in [1.165, 1.54) is 0 Å². The van der Waals surface area contributed by atoms with E-state index in [1.54, 1.807) is 26.2 Å². The van der Waals surface area contributed by atoms with Crippen LogP contribution in [0.15, 0.2) is 24.3 Å². The van der Waals surface area contributed by atoms with Crippen molar-refractivity contribution in [1.29, 1.82) is 0 Å². The van der Waals surface area contributed by atoms with E-state index in [4.69, 9.17) is 9.47 Å². The summed E-state index contributed by atoms with van der Waals surface area (Å²) in [6, 6.07) is 7.27. The van der Waals surface area contributed by atoms with E-state index in [1.807, 2.05) is 12.1 Å². The van der Waals surface area contributed by atoms with Gasteiger partial charge in [-0.05, 0) is 24.6 Å². The molecule has 0 bridgehead atoms. The maximum atomic E-state index is 9.23. The molecule has 0 radical (unpaired) electrons. The Morgan fingerprint density at radius 3 is 2.38 bits per heavy atom. The number of ether oxygens (including phenoxy) is 2. The summed E-state index contributed by atoms with van der Waals surface area (Å²) in [4.78, 5) is 0. The topological polar surface area (TPSA) is 38.7 Å². The van der Waals surface area contributed by atoms with Crippen LogP contribution in [0.3, 0.4) is 0 Å². The monoisotopic (exact) mass is 182 g/mol. The molecule has 0 aliphatic carbocycles. The summed E-state index contributed by atoms with van der Waals surface area (Å²) in [7, 11) is 1.57. The zero-order chi connectivity index (χ0) is 9.68. The lowest BCUT2D eigenvalue weighted by atomic mass is 10.1. The molecule has 0 saturated carbocycles. The van der Waals surface area contributed by atoms with Crippen molar-refractivity contribution in [2.24, 2.45) is 0 Å². The van der Waals surface area contributed by atoms with Gasteiger partial charge in [0.25, 0.3) is 0 Å². The highest BCUT2D eigenvalue weighted by atomic mass is 16.7. The summed E-state index contributed by atoms with van der Waals surface area (Å²) in [6.45, 7) is 1.97. The van der Waals surface area contributed by atoms with Crippen LogP contribution in [0.4, 0.5) is 0 Å². The van der Waals surface area contributed by atoms with Crippen LogP contribution in [0.1, 0.15) is 18.6 Å². The van der Waals surface area contributed by atoms with Gasteiger partial charge in [0.2, 0.25) is 0 Å². The second-order valence-electron chi connectivity index (χ2n) is 2.80. The van der Waals surface area contributed by atoms with Crippen molar-refractivity contribution < 1.29 is 14.6 Å². The first kappa shape index (κ1) is 10.0. The molecule has 13 heavy (non-hydrogen) atoms. The lowest BCUT2D eigenvalue weighted by Gasteiger charge is -2.07. The van der Waals surface area contributed by atoms with Gasteiger partial charge in [-0.2, -0.15) is 0 Å². The molecule has 0 saturated heterocycles. The first-order chi connectivity index (χ1) is 6.24. The Balaban J connectivity index is 2.59. The SMILES string of the molecule is COCOc1ccc(C(C)O)cc1. The van der Waals surface area contributed by atoms with E-state index in [0.717, 1.165) is 11.3 Å². The molecule has 0 aliphatic rings. The minimum Gasteiger partial charge on any atom is -0.468 e. The predicted molar refractivity (Wildman–Crippen MR) is 49.6 cm³/mol. The Labute approximate surface area is 77.9 Å². The van der Waals surface area contributed by atoms with Crippen LogP contribution < -0.4 is 4.74 Å². The lowest BCUT2D eigenvalue weighted by Crippen LogP contribution is -1.99. The van der Waals surface area contributed by atoms with Crippen LogP contribution in [-0.2, 0) is 4.74 Å². The zero-order valence-electron chi connectivity index (χ0n) is 7.86. The van der Waals surface area contributed by atoms with Crippen molar-refractivity contribution in [3.8, 4) is 5.75 Å². The predicted octanol–water partition coefficient (Wildman–Crippen LogP) is 1.72. The van der Waals surface area contributed by atoms with E-state index in [9.17, 15) is 5.11 Å². The van der Waals surface area contributed by atoms with Gasteiger partial charge < -0.3 is 14.6 Å². The van der Waals surface area contributed by atoms with Crippen LogP contribution in [-0.4, -0.2) is 19.0 Å². The third-order valence-corrected chi connectivity index (χ3v) is 1.71. The summed E-state index contributed by atoms with van der Waals surface area (Å²) in [5.74, 6) is 0.742. The second-order valence-corrected chi connectivity index (χ2v) is 2.80. The molecule has 0 fully saturated rings. The molecule has 72 valence electrons. The number of hydrogen-bond donors (Lipinski definition) is 1. The number of aliphatic hydroxyl groups is 1. The van der Waals surface area contributed by atoms with Crippen LogP contribution >= 0.6 is 0 Å². The van der Waals surface area contributed by atoms with Gasteiger partial charge >= 0.3 is 0 Å². The average molecular weight is 182 g/mol. The van der Waals surface area contributed by atoms with Crippen LogP contribution in [0.2, 0.25) is 0 Å². The van der Waals surface area contributed by atoms with Crippen molar-refractivity contribution in [2.45, 2.75) is 13.0 Å². The Bertz CT molecular complexity index is 241. The Morgan fingerprint density at radius 2 is 1.92 bits per heavy atom. The third-order valence-electron chi connectivity index (χ3n) is 1.71. The maximum Gasteiger partial charge on any atom is 0.188 e. The summed E-state index contributed by atoms with van der Waals surface area (Å²) in [5, 5.41) is 9.23. The molecule has 0 aliphatic heterocycles. The largest absolute Gasteiger partial charge is 0.468 e. The van der Waals surface area contributed by atoms with Gasteiger partial charge in [0.15, 0.2) is 6.79 Å². The minimum atomic E-state index is -0.434. The van der Waals surface area contributed by atoms with Gasteiger partial charge in [-0.25, -0.2) is 0 Å². The zero-order valence-corrected chi connectivity index (χ0v) is 7.86. The summed E-state index contributed by atoms with van der Waals surface area (Å²) in [6.07, 6.45) is -0.434. The van der Waals surface area contributed by atoms with Gasteiger partial charge in [0, 0.05) is 7.11 Å². The highest BCUT2D eigenvalue weighted by molar-refractivity contribution is 5.28. The number of rotatable bonds is 4. The van der Waals surface area contributed by atoms with Gasteiger partial charge in [0.05, 0.1) is 6.10 Å². The Hall–Kier alpha value is -1.06. The second kappa shape index (κ2) is 4.84. The number of methoxy groups -OCH3 is 1. The smallest absolute Gasteiger partial charge is 0.188 e. The van der Waals surface area contributed by atoms with Crippen molar-refractivity contribution in [2.75, 3.05) is 13.9 Å². The van der Waals surface area contributed by atoms with Crippen molar-refractivity contribution in [1.82, 2.24) is 0 Å². The molecule has 3 heteroatoms. The van der Waals surface area contributed by atoms with Crippen LogP contribution in [0.25, 0.3) is 0 Å². The fourth-order valence-electron chi connectivity index (χ4n) is 0.970. The molecule has 0 spiro atoms. The standard InChI is InChI=1S/C10H14O3/c1-8(11)9-3-5-10(6-4-9)13-7-12-2/h3-6,8,11H,7H2,1-2H3. The highest BCUT2D eigenvalue weighted by Gasteiger charge is 1.99. The van der Waals surface area contributed by atoms with E-state index < -0.39 is 6.10 Å². The van der Waals surface area contributed by atoms with E-state index in [2.05, 4.69) is 0 Å². The number of aliphatic hydroxyl groups excluding tert-OH is 1. The lowest BCUT2D eigenvalue weighted by molar-refractivity contribution is 0.0511. The quantitative estimate of drug-likeness (QED) is 0.720. The molecule has 1 unspecified atom stereocenters. The van der Waals surface area contributed by atoms with Gasteiger partial charge in [-0.1, -0.05) is 12.1 Å². The number of benzene rings is 1. The fraction of sp³-hybridized carbons (Fsp3) is 0.400. The average Bonchev–Trinajstić information content (AvgIpc) is 2.15. The van der Waals surface area contributed by atoms with Crippen molar-refractivity contribution >= 4 is 0 Å². The third kappa shape index (κ3) is 3.05. The molecule has 1 aromatic carbocycles. The first-order valence-electron chi connectivity index (χ1n) is 4.14. The molecular formula is C10H14O3. The summed E-state index contributed by atoms with van der Waals surface area (Å²) >= 11 is 0. The van der Waals surface area contributed by atoms with E-state index in [0.29, 0.717) is 0 Å². The normalized spacial score (nSPS) is 12.5. The maximum absolute atomic E-state index is 9.23. The molecule has 0 heterocycles.